The molecule has 28 heavy (non-hydrogen) atoms. The fourth-order valence-corrected chi connectivity index (χ4v) is 2.85. The number of nitrogens with one attached hydrogen (secondary N) is 1. The Morgan fingerprint density at radius 2 is 1.96 bits per heavy atom. The molecular weight excluding hydrogens is 385 g/mol. The number of hydrogen-bond donors (Lipinski definition) is 1. The molecule has 1 unspecified atom stereocenters. The fraction of sp³-hybridized carbons (Fsp3) is 0.158. The van der Waals surface area contributed by atoms with Gasteiger partial charge >= 0.3 is 0 Å². The Hall–Kier alpha value is -3.26. The van der Waals surface area contributed by atoms with Gasteiger partial charge in [-0.3, -0.25) is 0 Å². The molecule has 2 aromatic heterocycles. The lowest BCUT2D eigenvalue weighted by Gasteiger charge is -2.13. The van der Waals surface area contributed by atoms with Crippen LogP contribution in [0.15, 0.2) is 47.2 Å². The van der Waals surface area contributed by atoms with Gasteiger partial charge in [0, 0.05) is 22.0 Å². The van der Waals surface area contributed by atoms with Crippen molar-refractivity contribution in [3.05, 3.63) is 59.4 Å². The highest BCUT2D eigenvalue weighted by atomic mass is 35.5. The van der Waals surface area contributed by atoms with E-state index in [-0.39, 0.29) is 11.8 Å². The van der Waals surface area contributed by atoms with Crippen molar-refractivity contribution in [1.82, 2.24) is 20.1 Å². The van der Waals surface area contributed by atoms with Gasteiger partial charge in [-0.2, -0.15) is 4.98 Å². The highest BCUT2D eigenvalue weighted by Crippen LogP contribution is 2.29. The first-order chi connectivity index (χ1) is 13.5. The van der Waals surface area contributed by atoms with Gasteiger partial charge in [0.25, 0.3) is 5.89 Å². The van der Waals surface area contributed by atoms with Gasteiger partial charge in [0.1, 0.15) is 12.1 Å². The standard InChI is InChI=1S/C19H15ClFN5O2/c1-10(17-25-19(28-26-17)11-3-5-12(20)6-4-11)24-18-13-7-16(27-2)14(21)8-15(13)22-9-23-18/h3-10H,1-2H3,(H,22,23,24). The molecule has 9 heteroatoms. The molecule has 0 fully saturated rings. The van der Waals surface area contributed by atoms with Crippen LogP contribution in [0, 0.1) is 5.82 Å². The van der Waals surface area contributed by atoms with Crippen LogP contribution >= 0.6 is 11.6 Å². The molecule has 0 aliphatic carbocycles. The van der Waals surface area contributed by atoms with Crippen LogP contribution in [0.25, 0.3) is 22.4 Å². The van der Waals surface area contributed by atoms with Gasteiger partial charge in [0.05, 0.1) is 18.7 Å². The lowest BCUT2D eigenvalue weighted by Crippen LogP contribution is -2.10. The van der Waals surface area contributed by atoms with E-state index >= 15 is 0 Å². The van der Waals surface area contributed by atoms with Gasteiger partial charge in [0.2, 0.25) is 0 Å². The van der Waals surface area contributed by atoms with Crippen molar-refractivity contribution in [2.45, 2.75) is 13.0 Å². The number of fused-ring (bicyclic) bond motifs is 1. The molecule has 0 bridgehead atoms. The number of aromatic nitrogens is 4. The van der Waals surface area contributed by atoms with Crippen molar-refractivity contribution >= 4 is 28.3 Å². The van der Waals surface area contributed by atoms with Gasteiger partial charge in [-0.25, -0.2) is 14.4 Å². The monoisotopic (exact) mass is 399 g/mol. The number of anilines is 1. The number of hydrogen-bond acceptors (Lipinski definition) is 7. The van der Waals surface area contributed by atoms with Crippen LogP contribution in [-0.4, -0.2) is 27.2 Å². The summed E-state index contributed by atoms with van der Waals surface area (Å²) in [6.45, 7) is 1.87. The smallest absolute Gasteiger partial charge is 0.257 e. The molecule has 2 heterocycles. The van der Waals surface area contributed by atoms with Crippen molar-refractivity contribution in [2.75, 3.05) is 12.4 Å². The average Bonchev–Trinajstić information content (AvgIpc) is 3.18. The molecule has 0 radical (unpaired) electrons. The predicted molar refractivity (Wildman–Crippen MR) is 103 cm³/mol. The summed E-state index contributed by atoms with van der Waals surface area (Å²) in [6.07, 6.45) is 1.36. The maximum absolute atomic E-state index is 13.9. The van der Waals surface area contributed by atoms with E-state index in [0.717, 1.165) is 5.56 Å². The largest absolute Gasteiger partial charge is 0.494 e. The Labute approximate surface area is 164 Å². The molecule has 4 aromatic rings. The third kappa shape index (κ3) is 3.46. The lowest BCUT2D eigenvalue weighted by molar-refractivity contribution is 0.387. The van der Waals surface area contributed by atoms with Crippen LogP contribution < -0.4 is 10.1 Å². The van der Waals surface area contributed by atoms with Crippen LogP contribution in [0.4, 0.5) is 10.2 Å². The van der Waals surface area contributed by atoms with E-state index in [0.29, 0.717) is 33.5 Å². The summed E-state index contributed by atoms with van der Waals surface area (Å²) in [5, 5.41) is 8.49. The number of rotatable bonds is 5. The molecule has 0 spiro atoms. The summed E-state index contributed by atoms with van der Waals surface area (Å²) >= 11 is 5.90. The van der Waals surface area contributed by atoms with E-state index < -0.39 is 5.82 Å². The van der Waals surface area contributed by atoms with E-state index in [2.05, 4.69) is 25.4 Å². The van der Waals surface area contributed by atoms with Gasteiger partial charge in [-0.05, 0) is 37.3 Å². The highest BCUT2D eigenvalue weighted by molar-refractivity contribution is 6.30. The lowest BCUT2D eigenvalue weighted by atomic mass is 10.2. The molecule has 1 N–H and O–H groups in total. The zero-order valence-corrected chi connectivity index (χ0v) is 15.7. The number of ether oxygens (including phenoxy) is 1. The van der Waals surface area contributed by atoms with E-state index in [1.807, 2.05) is 6.92 Å². The van der Waals surface area contributed by atoms with E-state index in [9.17, 15) is 4.39 Å². The van der Waals surface area contributed by atoms with E-state index in [1.165, 1.54) is 19.5 Å². The van der Waals surface area contributed by atoms with E-state index in [4.69, 9.17) is 20.9 Å². The Morgan fingerprint density at radius 1 is 1.18 bits per heavy atom. The summed E-state index contributed by atoms with van der Waals surface area (Å²) in [7, 11) is 1.40. The number of nitrogens with zero attached hydrogens (tertiary/aromatic N) is 4. The second-order valence-corrected chi connectivity index (χ2v) is 6.49. The summed E-state index contributed by atoms with van der Waals surface area (Å²) in [5.74, 6) is 0.970. The number of benzene rings is 2. The summed E-state index contributed by atoms with van der Waals surface area (Å²) in [6, 6.07) is 9.64. The third-order valence-electron chi connectivity index (χ3n) is 4.18. The molecule has 0 aliphatic heterocycles. The molecule has 7 nitrogen and oxygen atoms in total. The van der Waals surface area contributed by atoms with Crippen LogP contribution in [0.3, 0.4) is 0 Å². The summed E-state index contributed by atoms with van der Waals surface area (Å²) in [5.41, 5.74) is 1.22. The highest BCUT2D eigenvalue weighted by Gasteiger charge is 2.17. The van der Waals surface area contributed by atoms with E-state index in [1.54, 1.807) is 30.3 Å². The average molecular weight is 400 g/mol. The first-order valence-corrected chi connectivity index (χ1v) is 8.77. The maximum atomic E-state index is 13.9. The van der Waals surface area contributed by atoms with Crippen molar-refractivity contribution < 1.29 is 13.7 Å². The fourth-order valence-electron chi connectivity index (χ4n) is 2.72. The Kier molecular flexibility index (Phi) is 4.79. The molecule has 2 aromatic carbocycles. The minimum Gasteiger partial charge on any atom is -0.494 e. The first-order valence-electron chi connectivity index (χ1n) is 8.39. The Bertz CT molecular complexity index is 1130. The van der Waals surface area contributed by atoms with Crippen molar-refractivity contribution in [2.24, 2.45) is 0 Å². The van der Waals surface area contributed by atoms with Crippen LogP contribution in [0.5, 0.6) is 5.75 Å². The second-order valence-electron chi connectivity index (χ2n) is 6.06. The van der Waals surface area contributed by atoms with Crippen LogP contribution in [0.1, 0.15) is 18.8 Å². The topological polar surface area (TPSA) is 86.0 Å². The minimum atomic E-state index is -0.488. The molecule has 0 amide bonds. The van der Waals surface area contributed by atoms with Gasteiger partial charge in [0.15, 0.2) is 17.4 Å². The van der Waals surface area contributed by atoms with Crippen molar-refractivity contribution in [3.63, 3.8) is 0 Å². The van der Waals surface area contributed by atoms with Crippen molar-refractivity contribution in [1.29, 1.82) is 0 Å². The minimum absolute atomic E-state index is 0.114. The first kappa shape index (κ1) is 18.1. The zero-order valence-electron chi connectivity index (χ0n) is 15.0. The zero-order chi connectivity index (χ0) is 19.7. The van der Waals surface area contributed by atoms with Crippen molar-refractivity contribution in [3.8, 4) is 17.2 Å². The predicted octanol–water partition coefficient (Wildman–Crippen LogP) is 4.65. The van der Waals surface area contributed by atoms with Crippen LogP contribution in [-0.2, 0) is 0 Å². The molecule has 0 saturated carbocycles. The molecule has 1 atom stereocenters. The Morgan fingerprint density at radius 3 is 2.71 bits per heavy atom. The third-order valence-corrected chi connectivity index (χ3v) is 4.43. The molecular formula is C19H15ClFN5O2. The number of halogens is 2. The molecule has 0 aliphatic rings. The van der Waals surface area contributed by atoms with Gasteiger partial charge in [-0.15, -0.1) is 0 Å². The van der Waals surface area contributed by atoms with Gasteiger partial charge in [-0.1, -0.05) is 16.8 Å². The van der Waals surface area contributed by atoms with Crippen LogP contribution in [0.2, 0.25) is 5.02 Å². The molecule has 0 saturated heterocycles. The molecule has 4 rings (SSSR count). The van der Waals surface area contributed by atoms with Gasteiger partial charge < -0.3 is 14.6 Å². The SMILES string of the molecule is COc1cc2c(NC(C)c3noc(-c4ccc(Cl)cc4)n3)ncnc2cc1F. The maximum Gasteiger partial charge on any atom is 0.257 e. The summed E-state index contributed by atoms with van der Waals surface area (Å²) in [4.78, 5) is 12.8. The summed E-state index contributed by atoms with van der Waals surface area (Å²) < 4.78 is 24.3. The quantitative estimate of drug-likeness (QED) is 0.522. The second kappa shape index (κ2) is 7.40. The Balaban J connectivity index is 1.62. The molecule has 142 valence electrons. The normalized spacial score (nSPS) is 12.1. The number of methoxy groups -OCH3 is 1.